The molecule has 6 heteroatoms. The molecule has 0 saturated carbocycles. The number of aldehydes is 1. The lowest BCUT2D eigenvalue weighted by Crippen LogP contribution is -2.45. The first-order valence-electron chi connectivity index (χ1n) is 12.7. The SMILES string of the molecule is C=CCCC(C)C(=O)NC.CC.CC(=O)c1ccc(N2CCC3(CCNCC3)CC2)cc1C=O. The number of Topliss-reactive ketones (excluding diaryl/α,β-unsaturated/α-hetero) is 1. The summed E-state index contributed by atoms with van der Waals surface area (Å²) in [7, 11) is 1.66. The molecule has 0 bridgehead atoms. The summed E-state index contributed by atoms with van der Waals surface area (Å²) in [6.07, 6.45) is 9.43. The van der Waals surface area contributed by atoms with Crippen LogP contribution in [0.15, 0.2) is 30.9 Å². The van der Waals surface area contributed by atoms with E-state index in [2.05, 4.69) is 22.1 Å². The monoisotopic (exact) mass is 471 g/mol. The average molecular weight is 472 g/mol. The van der Waals surface area contributed by atoms with E-state index in [0.29, 0.717) is 16.5 Å². The molecule has 2 saturated heterocycles. The van der Waals surface area contributed by atoms with Crippen molar-refractivity contribution in [1.29, 1.82) is 0 Å². The molecule has 3 rings (SSSR count). The molecule has 2 aliphatic rings. The van der Waals surface area contributed by atoms with Gasteiger partial charge in [0.05, 0.1) is 0 Å². The zero-order chi connectivity index (χ0) is 25.6. The summed E-state index contributed by atoms with van der Waals surface area (Å²) in [6, 6.07) is 5.63. The van der Waals surface area contributed by atoms with Gasteiger partial charge in [0, 0.05) is 42.9 Å². The molecule has 1 aromatic rings. The summed E-state index contributed by atoms with van der Waals surface area (Å²) in [5.74, 6) is 0.172. The number of hydrogen-bond donors (Lipinski definition) is 2. The van der Waals surface area contributed by atoms with Crippen LogP contribution in [-0.2, 0) is 4.79 Å². The van der Waals surface area contributed by atoms with Crippen LogP contribution in [0.25, 0.3) is 0 Å². The minimum absolute atomic E-state index is 0.0547. The summed E-state index contributed by atoms with van der Waals surface area (Å²) in [5.41, 5.74) is 2.61. The Morgan fingerprint density at radius 1 is 1.18 bits per heavy atom. The maximum absolute atomic E-state index is 11.5. The zero-order valence-corrected chi connectivity index (χ0v) is 21.9. The lowest BCUT2D eigenvalue weighted by atomic mass is 9.71. The van der Waals surface area contributed by atoms with Crippen LogP contribution in [0.2, 0.25) is 0 Å². The smallest absolute Gasteiger partial charge is 0.222 e. The third-order valence-electron chi connectivity index (χ3n) is 6.89. The number of piperidine rings is 2. The van der Waals surface area contributed by atoms with Gasteiger partial charge in [-0.1, -0.05) is 26.8 Å². The first kappa shape index (κ1) is 29.6. The molecule has 0 radical (unpaired) electrons. The molecule has 6 nitrogen and oxygen atoms in total. The standard InChI is InChI=1S/C18H24N2O2.C8H15NO.C2H6/c1-14(22)17-3-2-16(12-15(17)13-21)20-10-6-18(7-11-20)4-8-19-9-5-18;1-4-5-6-7(2)8(10)9-3;1-2/h2-3,12-13,19H,4-11H2,1H3;4,7H,1,5-6H2,2-3H3,(H,9,10);1-2H3. The largest absolute Gasteiger partial charge is 0.371 e. The number of carbonyl (C=O) groups is 3. The molecule has 0 aromatic heterocycles. The zero-order valence-electron chi connectivity index (χ0n) is 21.9. The molecule has 2 aliphatic heterocycles. The van der Waals surface area contributed by atoms with Crippen molar-refractivity contribution in [2.24, 2.45) is 11.3 Å². The Balaban J connectivity index is 0.000000409. The molecule has 1 amide bonds. The number of hydrogen-bond acceptors (Lipinski definition) is 5. The molecule has 0 aliphatic carbocycles. The van der Waals surface area contributed by atoms with Crippen LogP contribution < -0.4 is 15.5 Å². The Bertz CT molecular complexity index is 790. The predicted molar refractivity (Wildman–Crippen MR) is 142 cm³/mol. The van der Waals surface area contributed by atoms with Crippen molar-refractivity contribution in [2.45, 2.75) is 66.2 Å². The Morgan fingerprint density at radius 3 is 2.29 bits per heavy atom. The molecule has 1 unspecified atom stereocenters. The Morgan fingerprint density at radius 2 is 1.79 bits per heavy atom. The van der Waals surface area contributed by atoms with Crippen molar-refractivity contribution in [2.75, 3.05) is 38.1 Å². The molecular weight excluding hydrogens is 426 g/mol. The molecule has 190 valence electrons. The van der Waals surface area contributed by atoms with Gasteiger partial charge in [0.25, 0.3) is 0 Å². The van der Waals surface area contributed by atoms with Gasteiger partial charge in [-0.3, -0.25) is 14.4 Å². The number of anilines is 1. The normalized spacial score (nSPS) is 17.3. The van der Waals surface area contributed by atoms with Crippen LogP contribution in [0.3, 0.4) is 0 Å². The third-order valence-corrected chi connectivity index (χ3v) is 6.89. The lowest BCUT2D eigenvalue weighted by Gasteiger charge is -2.45. The number of ketones is 1. The Kier molecular flexibility index (Phi) is 13.4. The maximum atomic E-state index is 11.5. The third kappa shape index (κ3) is 8.71. The van der Waals surface area contributed by atoms with Crippen LogP contribution in [-0.4, -0.2) is 51.2 Å². The molecule has 1 atom stereocenters. The van der Waals surface area contributed by atoms with Gasteiger partial charge in [-0.25, -0.2) is 0 Å². The number of amides is 1. The van der Waals surface area contributed by atoms with E-state index in [0.717, 1.165) is 51.0 Å². The van der Waals surface area contributed by atoms with Gasteiger partial charge >= 0.3 is 0 Å². The van der Waals surface area contributed by atoms with Crippen LogP contribution in [0, 0.1) is 11.3 Å². The van der Waals surface area contributed by atoms with E-state index in [1.54, 1.807) is 13.1 Å². The van der Waals surface area contributed by atoms with Gasteiger partial charge in [0.15, 0.2) is 12.1 Å². The fraction of sp³-hybridized carbons (Fsp3) is 0.607. The van der Waals surface area contributed by atoms with Gasteiger partial charge in [0.1, 0.15) is 0 Å². The van der Waals surface area contributed by atoms with Crippen molar-refractivity contribution < 1.29 is 14.4 Å². The highest BCUT2D eigenvalue weighted by molar-refractivity contribution is 6.02. The summed E-state index contributed by atoms with van der Waals surface area (Å²) >= 11 is 0. The highest BCUT2D eigenvalue weighted by Crippen LogP contribution is 2.40. The van der Waals surface area contributed by atoms with Crippen LogP contribution >= 0.6 is 0 Å². The lowest BCUT2D eigenvalue weighted by molar-refractivity contribution is -0.124. The first-order chi connectivity index (χ1) is 16.4. The van der Waals surface area contributed by atoms with Crippen LogP contribution in [0.1, 0.15) is 86.9 Å². The van der Waals surface area contributed by atoms with Gasteiger partial charge in [-0.2, -0.15) is 0 Å². The van der Waals surface area contributed by atoms with Gasteiger partial charge < -0.3 is 15.5 Å². The highest BCUT2D eigenvalue weighted by atomic mass is 16.1. The Labute approximate surface area is 206 Å². The second-order valence-corrected chi connectivity index (χ2v) is 9.06. The van der Waals surface area contributed by atoms with Crippen LogP contribution in [0.4, 0.5) is 5.69 Å². The van der Waals surface area contributed by atoms with Gasteiger partial charge in [0.2, 0.25) is 5.91 Å². The molecule has 2 fully saturated rings. The molecule has 2 heterocycles. The predicted octanol–water partition coefficient (Wildman–Crippen LogP) is 5.03. The van der Waals surface area contributed by atoms with Crippen molar-refractivity contribution in [3.63, 3.8) is 0 Å². The molecule has 2 N–H and O–H groups in total. The molecular formula is C28H45N3O3. The number of benzene rings is 1. The van der Waals surface area contributed by atoms with E-state index < -0.39 is 0 Å². The van der Waals surface area contributed by atoms with Gasteiger partial charge in [-0.05, 0) is 82.2 Å². The van der Waals surface area contributed by atoms with Crippen molar-refractivity contribution in [3.8, 4) is 0 Å². The summed E-state index contributed by atoms with van der Waals surface area (Å²) in [4.78, 5) is 36.0. The number of carbonyl (C=O) groups excluding carboxylic acids is 3. The molecule has 34 heavy (non-hydrogen) atoms. The van der Waals surface area contributed by atoms with Crippen molar-refractivity contribution >= 4 is 23.7 Å². The minimum Gasteiger partial charge on any atom is -0.371 e. The quantitative estimate of drug-likeness (QED) is 0.331. The van der Waals surface area contributed by atoms with E-state index in [9.17, 15) is 14.4 Å². The minimum atomic E-state index is -0.0547. The molecule has 1 spiro atoms. The fourth-order valence-electron chi connectivity index (χ4n) is 4.61. The van der Waals surface area contributed by atoms with E-state index >= 15 is 0 Å². The van der Waals surface area contributed by atoms with Crippen molar-refractivity contribution in [3.05, 3.63) is 42.0 Å². The van der Waals surface area contributed by atoms with Gasteiger partial charge in [-0.15, -0.1) is 6.58 Å². The van der Waals surface area contributed by atoms with E-state index in [1.807, 2.05) is 39.0 Å². The average Bonchev–Trinajstić information content (AvgIpc) is 2.88. The summed E-state index contributed by atoms with van der Waals surface area (Å²) < 4.78 is 0. The van der Waals surface area contributed by atoms with Crippen LogP contribution in [0.5, 0.6) is 0 Å². The second-order valence-electron chi connectivity index (χ2n) is 9.06. The fourth-order valence-corrected chi connectivity index (χ4v) is 4.61. The summed E-state index contributed by atoms with van der Waals surface area (Å²) in [6.45, 7) is 15.4. The second kappa shape index (κ2) is 15.4. The number of allylic oxidation sites excluding steroid dienone is 1. The molecule has 1 aromatic carbocycles. The maximum Gasteiger partial charge on any atom is 0.222 e. The number of rotatable bonds is 7. The van der Waals surface area contributed by atoms with E-state index in [1.165, 1.54) is 32.6 Å². The first-order valence-corrected chi connectivity index (χ1v) is 12.7. The topological polar surface area (TPSA) is 78.5 Å². The van der Waals surface area contributed by atoms with Crippen molar-refractivity contribution in [1.82, 2.24) is 10.6 Å². The van der Waals surface area contributed by atoms with E-state index in [4.69, 9.17) is 0 Å². The number of nitrogens with zero attached hydrogens (tertiary/aromatic N) is 1. The number of nitrogens with one attached hydrogen (secondary N) is 2. The summed E-state index contributed by atoms with van der Waals surface area (Å²) in [5, 5.41) is 6.05. The van der Waals surface area contributed by atoms with E-state index in [-0.39, 0.29) is 17.6 Å². The Hall–Kier alpha value is -2.47. The highest BCUT2D eigenvalue weighted by Gasteiger charge is 2.35.